The van der Waals surface area contributed by atoms with Crippen LogP contribution in [0.1, 0.15) is 42.6 Å². The number of H-pyrrole nitrogens is 1. The Labute approximate surface area is 88.1 Å². The molecule has 15 heavy (non-hydrogen) atoms. The Hall–Kier alpha value is -1.16. The molecule has 1 aromatic rings. The van der Waals surface area contributed by atoms with Crippen molar-refractivity contribution in [2.75, 3.05) is 13.1 Å². The summed E-state index contributed by atoms with van der Waals surface area (Å²) in [6, 6.07) is 1.66. The van der Waals surface area contributed by atoms with Crippen molar-refractivity contribution in [3.8, 4) is 0 Å². The Morgan fingerprint density at radius 1 is 1.27 bits per heavy atom. The third-order valence-electron chi connectivity index (χ3n) is 3.22. The van der Waals surface area contributed by atoms with Crippen molar-refractivity contribution in [1.29, 1.82) is 0 Å². The Morgan fingerprint density at radius 2 is 2.13 bits per heavy atom. The van der Waals surface area contributed by atoms with Gasteiger partial charge in [0.25, 0.3) is 5.56 Å². The molecule has 1 aromatic heterocycles. The van der Waals surface area contributed by atoms with Gasteiger partial charge in [0.15, 0.2) is 0 Å². The number of nitrogens with zero attached hydrogens (tertiary/aromatic N) is 1. The van der Waals surface area contributed by atoms with Crippen LogP contribution in [-0.2, 0) is 0 Å². The molecule has 80 valence electrons. The van der Waals surface area contributed by atoms with Crippen LogP contribution in [0.2, 0.25) is 0 Å². The maximum absolute atomic E-state index is 11.5. The molecule has 0 bridgehead atoms. The van der Waals surface area contributed by atoms with Crippen molar-refractivity contribution in [2.45, 2.75) is 31.1 Å². The second-order valence-corrected chi connectivity index (χ2v) is 4.52. The van der Waals surface area contributed by atoms with E-state index in [-0.39, 0.29) is 5.56 Å². The van der Waals surface area contributed by atoms with Gasteiger partial charge >= 0.3 is 0 Å². The van der Waals surface area contributed by atoms with E-state index in [4.69, 9.17) is 0 Å². The van der Waals surface area contributed by atoms with E-state index in [2.05, 4.69) is 15.3 Å². The fraction of sp³-hybridized carbons (Fsp3) is 0.636. The van der Waals surface area contributed by atoms with Gasteiger partial charge in [-0.1, -0.05) is 0 Å². The van der Waals surface area contributed by atoms with E-state index in [1.807, 2.05) is 0 Å². The molecule has 0 amide bonds. The molecule has 1 saturated heterocycles. The number of aromatic amines is 1. The average Bonchev–Trinajstić information content (AvgIpc) is 2.93. The second-order valence-electron chi connectivity index (χ2n) is 4.52. The first-order valence-corrected chi connectivity index (χ1v) is 5.65. The predicted octanol–water partition coefficient (Wildman–Crippen LogP) is 0.724. The summed E-state index contributed by atoms with van der Waals surface area (Å²) in [6.07, 6.45) is 3.47. The molecule has 2 fully saturated rings. The monoisotopic (exact) mass is 205 g/mol. The molecule has 3 rings (SSSR count). The number of aromatic nitrogens is 2. The Bertz CT molecular complexity index is 416. The first kappa shape index (κ1) is 9.09. The van der Waals surface area contributed by atoms with Gasteiger partial charge in [-0.3, -0.25) is 4.79 Å². The fourth-order valence-electron chi connectivity index (χ4n) is 2.17. The quantitative estimate of drug-likeness (QED) is 0.748. The van der Waals surface area contributed by atoms with Crippen molar-refractivity contribution in [1.82, 2.24) is 15.3 Å². The lowest BCUT2D eigenvalue weighted by atomic mass is 10.1. The van der Waals surface area contributed by atoms with E-state index in [1.54, 1.807) is 6.07 Å². The topological polar surface area (TPSA) is 57.8 Å². The van der Waals surface area contributed by atoms with Crippen molar-refractivity contribution in [3.63, 3.8) is 0 Å². The molecule has 4 nitrogen and oxygen atoms in total. The van der Waals surface area contributed by atoms with Gasteiger partial charge < -0.3 is 10.3 Å². The van der Waals surface area contributed by atoms with E-state index < -0.39 is 0 Å². The summed E-state index contributed by atoms with van der Waals surface area (Å²) in [5.41, 5.74) is 1.01. The summed E-state index contributed by atoms with van der Waals surface area (Å²) >= 11 is 0. The van der Waals surface area contributed by atoms with Crippen LogP contribution in [0.4, 0.5) is 0 Å². The van der Waals surface area contributed by atoms with Crippen LogP contribution in [0.5, 0.6) is 0 Å². The van der Waals surface area contributed by atoms with Gasteiger partial charge in [0.2, 0.25) is 0 Å². The smallest absolute Gasteiger partial charge is 0.251 e. The van der Waals surface area contributed by atoms with Crippen LogP contribution in [0.3, 0.4) is 0 Å². The maximum Gasteiger partial charge on any atom is 0.251 e. The zero-order chi connectivity index (χ0) is 10.3. The second kappa shape index (κ2) is 3.45. The minimum absolute atomic E-state index is 0.00815. The van der Waals surface area contributed by atoms with Gasteiger partial charge in [-0.15, -0.1) is 0 Å². The van der Waals surface area contributed by atoms with Crippen molar-refractivity contribution in [2.24, 2.45) is 0 Å². The lowest BCUT2D eigenvalue weighted by Crippen LogP contribution is -2.17. The van der Waals surface area contributed by atoms with E-state index >= 15 is 0 Å². The molecule has 1 unspecified atom stereocenters. The van der Waals surface area contributed by atoms with Gasteiger partial charge in [-0.05, 0) is 25.8 Å². The molecule has 1 atom stereocenters. The van der Waals surface area contributed by atoms with Crippen LogP contribution >= 0.6 is 0 Å². The van der Waals surface area contributed by atoms with E-state index in [0.717, 1.165) is 31.0 Å². The number of nitrogens with one attached hydrogen (secondary N) is 2. The molecule has 2 aliphatic rings. The molecule has 0 radical (unpaired) electrons. The lowest BCUT2D eigenvalue weighted by Gasteiger charge is -2.08. The maximum atomic E-state index is 11.5. The Kier molecular flexibility index (Phi) is 2.09. The van der Waals surface area contributed by atoms with Crippen molar-refractivity contribution >= 4 is 0 Å². The van der Waals surface area contributed by atoms with Crippen molar-refractivity contribution < 1.29 is 0 Å². The summed E-state index contributed by atoms with van der Waals surface area (Å²) < 4.78 is 0. The Balaban J connectivity index is 1.95. The van der Waals surface area contributed by atoms with Crippen LogP contribution < -0.4 is 10.9 Å². The number of hydrogen-bond donors (Lipinski definition) is 2. The highest BCUT2D eigenvalue weighted by molar-refractivity contribution is 5.16. The molecule has 1 saturated carbocycles. The van der Waals surface area contributed by atoms with E-state index in [0.29, 0.717) is 11.8 Å². The SMILES string of the molecule is O=c1cc(C2CC2)nc(C2CCNC2)[nH]1. The predicted molar refractivity (Wildman–Crippen MR) is 57.1 cm³/mol. The Morgan fingerprint density at radius 3 is 2.80 bits per heavy atom. The van der Waals surface area contributed by atoms with Gasteiger partial charge in [0.1, 0.15) is 5.82 Å². The highest BCUT2D eigenvalue weighted by Crippen LogP contribution is 2.38. The zero-order valence-corrected chi connectivity index (χ0v) is 8.62. The molecule has 1 aliphatic carbocycles. The molecular weight excluding hydrogens is 190 g/mol. The summed E-state index contributed by atoms with van der Waals surface area (Å²) in [6.45, 7) is 1.97. The molecule has 0 aromatic carbocycles. The average molecular weight is 205 g/mol. The van der Waals surface area contributed by atoms with Crippen LogP contribution in [-0.4, -0.2) is 23.1 Å². The molecular formula is C11H15N3O. The largest absolute Gasteiger partial charge is 0.316 e. The standard InChI is InChI=1S/C11H15N3O/c15-10-5-9(7-1-2-7)13-11(14-10)8-3-4-12-6-8/h5,7-8,12H,1-4,6H2,(H,13,14,15). The molecule has 0 spiro atoms. The third kappa shape index (κ3) is 1.81. The highest BCUT2D eigenvalue weighted by Gasteiger charge is 2.27. The minimum Gasteiger partial charge on any atom is -0.316 e. The molecule has 2 heterocycles. The highest BCUT2D eigenvalue weighted by atomic mass is 16.1. The summed E-state index contributed by atoms with van der Waals surface area (Å²) in [5.74, 6) is 1.84. The van der Waals surface area contributed by atoms with E-state index in [1.165, 1.54) is 12.8 Å². The van der Waals surface area contributed by atoms with Gasteiger partial charge in [-0.25, -0.2) is 4.98 Å². The molecule has 1 aliphatic heterocycles. The molecule has 4 heteroatoms. The van der Waals surface area contributed by atoms with E-state index in [9.17, 15) is 4.79 Å². The first-order chi connectivity index (χ1) is 7.33. The lowest BCUT2D eigenvalue weighted by molar-refractivity contribution is 0.687. The van der Waals surface area contributed by atoms with Gasteiger partial charge in [0, 0.05) is 24.4 Å². The van der Waals surface area contributed by atoms with Crippen LogP contribution in [0.25, 0.3) is 0 Å². The van der Waals surface area contributed by atoms with Gasteiger partial charge in [-0.2, -0.15) is 0 Å². The summed E-state index contributed by atoms with van der Waals surface area (Å²) in [7, 11) is 0. The first-order valence-electron chi connectivity index (χ1n) is 5.65. The molecule has 2 N–H and O–H groups in total. The number of rotatable bonds is 2. The fourth-order valence-corrected chi connectivity index (χ4v) is 2.17. The zero-order valence-electron chi connectivity index (χ0n) is 8.62. The summed E-state index contributed by atoms with van der Waals surface area (Å²) in [5, 5.41) is 3.29. The third-order valence-corrected chi connectivity index (χ3v) is 3.22. The van der Waals surface area contributed by atoms with Gasteiger partial charge in [0.05, 0.1) is 5.69 Å². The van der Waals surface area contributed by atoms with Crippen molar-refractivity contribution in [3.05, 3.63) is 27.9 Å². The summed E-state index contributed by atoms with van der Waals surface area (Å²) in [4.78, 5) is 18.9. The van der Waals surface area contributed by atoms with Crippen LogP contribution in [0, 0.1) is 0 Å². The van der Waals surface area contributed by atoms with Crippen LogP contribution in [0.15, 0.2) is 10.9 Å². The number of hydrogen-bond acceptors (Lipinski definition) is 3. The normalized spacial score (nSPS) is 25.7. The minimum atomic E-state index is 0.00815.